The maximum atomic E-state index is 15.0. The molecule has 0 bridgehead atoms. The molecule has 0 saturated carbocycles. The molecule has 4 rings (SSSR count). The van der Waals surface area contributed by atoms with Crippen molar-refractivity contribution in [2.24, 2.45) is 0 Å². The quantitative estimate of drug-likeness (QED) is 0.418. The summed E-state index contributed by atoms with van der Waals surface area (Å²) in [4.78, 5) is 27.3. The fraction of sp³-hybridized carbons (Fsp3) is 0.167. The minimum atomic E-state index is -0.600. The third kappa shape index (κ3) is 3.87. The smallest absolute Gasteiger partial charge is 0.337 e. The molecule has 0 saturated heterocycles. The van der Waals surface area contributed by atoms with Crippen LogP contribution in [0.2, 0.25) is 5.02 Å². The predicted molar refractivity (Wildman–Crippen MR) is 124 cm³/mol. The van der Waals surface area contributed by atoms with Crippen molar-refractivity contribution in [3.63, 3.8) is 0 Å². The van der Waals surface area contributed by atoms with E-state index >= 15 is 4.39 Å². The molecule has 0 unspecified atom stereocenters. The molecular formula is C24H21ClFN3O3. The molecule has 0 N–H and O–H groups in total. The van der Waals surface area contributed by atoms with Crippen molar-refractivity contribution >= 4 is 34.3 Å². The van der Waals surface area contributed by atoms with E-state index in [1.165, 1.54) is 22.3 Å². The Kier molecular flexibility index (Phi) is 5.76. The van der Waals surface area contributed by atoms with Gasteiger partial charge in [-0.15, -0.1) is 0 Å². The summed E-state index contributed by atoms with van der Waals surface area (Å²) in [5, 5.41) is 0.193. The van der Waals surface area contributed by atoms with Gasteiger partial charge in [-0.1, -0.05) is 23.7 Å². The van der Waals surface area contributed by atoms with Crippen LogP contribution in [0.1, 0.15) is 15.9 Å². The molecule has 1 heterocycles. The number of hydrogen-bond acceptors (Lipinski definition) is 4. The summed E-state index contributed by atoms with van der Waals surface area (Å²) in [5.74, 6) is -1.09. The molecule has 8 heteroatoms. The van der Waals surface area contributed by atoms with E-state index in [0.29, 0.717) is 22.3 Å². The van der Waals surface area contributed by atoms with E-state index in [-0.39, 0.29) is 17.1 Å². The lowest BCUT2D eigenvalue weighted by molar-refractivity contribution is 0.0600. The highest BCUT2D eigenvalue weighted by molar-refractivity contribution is 6.31. The van der Waals surface area contributed by atoms with E-state index in [0.717, 1.165) is 5.69 Å². The maximum absolute atomic E-state index is 15.0. The zero-order chi connectivity index (χ0) is 23.0. The summed E-state index contributed by atoms with van der Waals surface area (Å²) in [7, 11) is 5.14. The average molecular weight is 454 g/mol. The molecule has 0 spiro atoms. The number of aromatic nitrogens is 2. The number of nitrogens with zero attached hydrogens (tertiary/aromatic N) is 3. The van der Waals surface area contributed by atoms with Gasteiger partial charge in [0.1, 0.15) is 5.52 Å². The third-order valence-corrected chi connectivity index (χ3v) is 5.47. The molecule has 164 valence electrons. The van der Waals surface area contributed by atoms with Crippen LogP contribution in [0.3, 0.4) is 0 Å². The average Bonchev–Trinajstić information content (AvgIpc) is 3.04. The van der Waals surface area contributed by atoms with Crippen LogP contribution in [-0.2, 0) is 11.3 Å². The molecule has 0 aliphatic heterocycles. The van der Waals surface area contributed by atoms with Crippen molar-refractivity contribution in [3.05, 3.63) is 93.1 Å². The van der Waals surface area contributed by atoms with Crippen LogP contribution in [0.25, 0.3) is 16.7 Å². The molecule has 0 atom stereocenters. The standard InChI is InChI=1S/C24H21ClFN3O3/c1-27(2)18-7-9-19(10-8-18)29-21-13-17(25)12-20(26)22(21)28(24(29)31)14-15-5-4-6-16(11-15)23(30)32-3/h4-13H,14H2,1-3H3. The number of hydrogen-bond donors (Lipinski definition) is 0. The molecule has 0 aliphatic rings. The molecule has 4 aromatic rings. The van der Waals surface area contributed by atoms with E-state index < -0.39 is 17.5 Å². The fourth-order valence-corrected chi connectivity index (χ4v) is 3.90. The summed E-state index contributed by atoms with van der Waals surface area (Å²) < 4.78 is 22.6. The zero-order valence-corrected chi connectivity index (χ0v) is 18.6. The van der Waals surface area contributed by atoms with E-state index in [1.54, 1.807) is 42.5 Å². The summed E-state index contributed by atoms with van der Waals surface area (Å²) in [6.45, 7) is 0.0709. The summed E-state index contributed by atoms with van der Waals surface area (Å²) in [6.07, 6.45) is 0. The molecule has 3 aromatic carbocycles. The Hall–Kier alpha value is -3.58. The lowest BCUT2D eigenvalue weighted by Crippen LogP contribution is -2.24. The Morgan fingerprint density at radius 1 is 1.09 bits per heavy atom. The number of methoxy groups -OCH3 is 1. The van der Waals surface area contributed by atoms with Crippen LogP contribution in [0.4, 0.5) is 10.1 Å². The molecular weight excluding hydrogens is 433 g/mol. The number of fused-ring (bicyclic) bond motifs is 1. The fourth-order valence-electron chi connectivity index (χ4n) is 3.70. The van der Waals surface area contributed by atoms with E-state index in [1.807, 2.05) is 31.1 Å². The largest absolute Gasteiger partial charge is 0.465 e. The molecule has 0 amide bonds. The van der Waals surface area contributed by atoms with Crippen molar-refractivity contribution in [1.29, 1.82) is 0 Å². The molecule has 6 nitrogen and oxygen atoms in total. The second kappa shape index (κ2) is 8.51. The number of anilines is 1. The Balaban J connectivity index is 1.90. The number of esters is 1. The van der Waals surface area contributed by atoms with Gasteiger partial charge in [0.15, 0.2) is 5.82 Å². The minimum Gasteiger partial charge on any atom is -0.465 e. The lowest BCUT2D eigenvalue weighted by Gasteiger charge is -2.13. The molecule has 32 heavy (non-hydrogen) atoms. The van der Waals surface area contributed by atoms with Gasteiger partial charge >= 0.3 is 11.7 Å². The first-order chi connectivity index (χ1) is 15.3. The maximum Gasteiger partial charge on any atom is 0.337 e. The van der Waals surface area contributed by atoms with E-state index in [4.69, 9.17) is 16.3 Å². The van der Waals surface area contributed by atoms with Gasteiger partial charge in [0.25, 0.3) is 0 Å². The SMILES string of the molecule is COC(=O)c1cccc(Cn2c(=O)n(-c3ccc(N(C)C)cc3)c3cc(Cl)cc(F)c32)c1. The lowest BCUT2D eigenvalue weighted by atomic mass is 10.1. The van der Waals surface area contributed by atoms with Gasteiger partial charge in [0.05, 0.1) is 30.4 Å². The van der Waals surface area contributed by atoms with Crippen LogP contribution in [0.15, 0.2) is 65.5 Å². The number of benzene rings is 3. The summed E-state index contributed by atoms with van der Waals surface area (Å²) in [5.41, 5.74) is 2.66. The van der Waals surface area contributed by atoms with Crippen molar-refractivity contribution < 1.29 is 13.9 Å². The van der Waals surface area contributed by atoms with Crippen molar-refractivity contribution in [2.75, 3.05) is 26.1 Å². The van der Waals surface area contributed by atoms with Gasteiger partial charge in [-0.25, -0.2) is 14.0 Å². The second-order valence-corrected chi connectivity index (χ2v) is 8.00. The highest BCUT2D eigenvalue weighted by Crippen LogP contribution is 2.26. The van der Waals surface area contributed by atoms with Crippen molar-refractivity contribution in [2.45, 2.75) is 6.54 Å². The topological polar surface area (TPSA) is 56.5 Å². The normalized spacial score (nSPS) is 11.0. The van der Waals surface area contributed by atoms with Gasteiger partial charge in [-0.05, 0) is 54.1 Å². The van der Waals surface area contributed by atoms with Crippen molar-refractivity contribution in [1.82, 2.24) is 9.13 Å². The van der Waals surface area contributed by atoms with Crippen LogP contribution in [0.5, 0.6) is 0 Å². The Bertz CT molecular complexity index is 1370. The molecule has 1 aromatic heterocycles. The summed E-state index contributed by atoms with van der Waals surface area (Å²) >= 11 is 6.12. The number of rotatable bonds is 5. The zero-order valence-electron chi connectivity index (χ0n) is 17.8. The molecule has 0 radical (unpaired) electrons. The number of carbonyl (C=O) groups excluding carboxylic acids is 1. The highest BCUT2D eigenvalue weighted by Gasteiger charge is 2.20. The Morgan fingerprint density at radius 3 is 2.47 bits per heavy atom. The van der Waals surface area contributed by atoms with Crippen molar-refractivity contribution in [3.8, 4) is 5.69 Å². The van der Waals surface area contributed by atoms with Gasteiger partial charge in [0.2, 0.25) is 0 Å². The third-order valence-electron chi connectivity index (χ3n) is 5.25. The van der Waals surface area contributed by atoms with E-state index in [9.17, 15) is 9.59 Å². The van der Waals surface area contributed by atoms with Crippen LogP contribution in [-0.4, -0.2) is 36.3 Å². The first-order valence-corrected chi connectivity index (χ1v) is 10.2. The number of halogens is 2. The number of ether oxygens (including phenoxy) is 1. The van der Waals surface area contributed by atoms with Gasteiger partial charge in [-0.2, -0.15) is 0 Å². The highest BCUT2D eigenvalue weighted by atomic mass is 35.5. The van der Waals surface area contributed by atoms with E-state index in [2.05, 4.69) is 0 Å². The van der Waals surface area contributed by atoms with Gasteiger partial charge in [-0.3, -0.25) is 9.13 Å². The van der Waals surface area contributed by atoms with Gasteiger partial charge < -0.3 is 9.64 Å². The Morgan fingerprint density at radius 2 is 1.81 bits per heavy atom. The number of carbonyl (C=O) groups is 1. The van der Waals surface area contributed by atoms with Gasteiger partial charge in [0, 0.05) is 24.8 Å². The first-order valence-electron chi connectivity index (χ1n) is 9.85. The molecule has 0 fully saturated rings. The Labute approximate surface area is 189 Å². The minimum absolute atomic E-state index is 0.0709. The predicted octanol–water partition coefficient (Wildman–Crippen LogP) is 4.49. The van der Waals surface area contributed by atoms with Crippen LogP contribution < -0.4 is 10.6 Å². The number of imidazole rings is 1. The monoisotopic (exact) mass is 453 g/mol. The second-order valence-electron chi connectivity index (χ2n) is 7.56. The van der Waals surface area contributed by atoms with Crippen LogP contribution in [0, 0.1) is 5.82 Å². The first kappa shape index (κ1) is 21.6. The van der Waals surface area contributed by atoms with Crippen LogP contribution >= 0.6 is 11.6 Å². The summed E-state index contributed by atoms with van der Waals surface area (Å²) in [6, 6.07) is 16.8. The molecule has 0 aliphatic carbocycles.